The Hall–Kier alpha value is -3.64. The van der Waals surface area contributed by atoms with E-state index in [-0.39, 0.29) is 16.3 Å². The number of nitrogens with zero attached hydrogens (tertiary/aromatic N) is 2. The first-order valence-corrected chi connectivity index (χ1v) is 9.75. The van der Waals surface area contributed by atoms with Crippen molar-refractivity contribution in [2.75, 3.05) is 5.32 Å². The maximum atomic E-state index is 12.4. The van der Waals surface area contributed by atoms with Gasteiger partial charge in [-0.2, -0.15) is 10.2 Å². The minimum Gasteiger partial charge on any atom is -0.324 e. The Labute approximate surface area is 164 Å². The second kappa shape index (κ2) is 7.77. The van der Waals surface area contributed by atoms with E-state index in [0.29, 0.717) is 16.7 Å². The van der Waals surface area contributed by atoms with E-state index in [9.17, 15) is 22.8 Å². The van der Waals surface area contributed by atoms with Crippen molar-refractivity contribution in [1.29, 1.82) is 0 Å². The van der Waals surface area contributed by atoms with Crippen LogP contribution in [0.15, 0.2) is 62.4 Å². The lowest BCUT2D eigenvalue weighted by Gasteiger charge is -2.09. The van der Waals surface area contributed by atoms with Gasteiger partial charge in [0.1, 0.15) is 0 Å². The Bertz CT molecular complexity index is 1270. The highest BCUT2D eigenvalue weighted by atomic mass is 32.2. The van der Waals surface area contributed by atoms with E-state index in [1.807, 2.05) is 0 Å². The van der Waals surface area contributed by atoms with Crippen LogP contribution in [-0.4, -0.2) is 36.1 Å². The average Bonchev–Trinajstić information content (AvgIpc) is 3.00. The lowest BCUT2D eigenvalue weighted by atomic mass is 10.2. The molecule has 3 aromatic rings. The second-order valence-electron chi connectivity index (χ2n) is 6.10. The quantitative estimate of drug-likeness (QED) is 0.347. The number of aromatic amines is 2. The smallest absolute Gasteiger partial charge is 0.323 e. The molecule has 29 heavy (non-hydrogen) atoms. The number of primary sulfonamides is 1. The first-order chi connectivity index (χ1) is 13.6. The Morgan fingerprint density at radius 1 is 1.07 bits per heavy atom. The number of azo groups is 1. The topological polar surface area (TPSA) is 180 Å². The Balaban J connectivity index is 1.77. The highest BCUT2D eigenvalue weighted by molar-refractivity contribution is 7.89. The minimum absolute atomic E-state index is 0.101. The molecule has 0 spiro atoms. The van der Waals surface area contributed by atoms with Gasteiger partial charge in [-0.15, -0.1) is 0 Å². The van der Waals surface area contributed by atoms with Gasteiger partial charge in [-0.3, -0.25) is 9.59 Å². The molecule has 0 aliphatic carbocycles. The number of H-pyrrole nitrogens is 2. The number of hydrogen-bond acceptors (Lipinski definition) is 7. The average molecular weight is 416 g/mol. The van der Waals surface area contributed by atoms with Crippen LogP contribution >= 0.6 is 0 Å². The van der Waals surface area contributed by atoms with E-state index in [1.165, 1.54) is 37.3 Å². The molecule has 1 amide bonds. The number of imidazole rings is 1. The number of Topliss-reactive ketones (excluding diaryl/α,β-unsaturated/α-hetero) is 1. The fraction of sp³-hybridized carbons (Fsp3) is 0.118. The molecule has 11 nitrogen and oxygen atoms in total. The van der Waals surface area contributed by atoms with Gasteiger partial charge < -0.3 is 15.3 Å². The van der Waals surface area contributed by atoms with Crippen molar-refractivity contribution in [1.82, 2.24) is 9.97 Å². The number of hydrogen-bond donors (Lipinski definition) is 4. The van der Waals surface area contributed by atoms with Gasteiger partial charge in [0.2, 0.25) is 16.1 Å². The van der Waals surface area contributed by atoms with Crippen molar-refractivity contribution in [3.05, 3.63) is 52.9 Å². The standard InChI is InChI=1S/C17H16N6O5S/c1-9(24)15(23-22-10-2-5-12(6-3-10)29(18,27)28)16(25)19-11-4-7-13-14(8-11)21-17(26)20-13/h2-8,15H,1H3,(H,19,25)(H2,18,27,28)(H2,20,21,26)/b23-22-. The lowest BCUT2D eigenvalue weighted by Crippen LogP contribution is -2.31. The first-order valence-electron chi connectivity index (χ1n) is 8.20. The monoisotopic (exact) mass is 416 g/mol. The van der Waals surface area contributed by atoms with E-state index in [1.54, 1.807) is 12.1 Å². The Kier molecular flexibility index (Phi) is 5.39. The SMILES string of the molecule is CC(=O)C(/N=N\c1ccc(S(N)(=O)=O)cc1)C(=O)Nc1ccc2[nH]c(=O)[nH]c2c1. The summed E-state index contributed by atoms with van der Waals surface area (Å²) >= 11 is 0. The van der Waals surface area contributed by atoms with E-state index < -0.39 is 27.8 Å². The van der Waals surface area contributed by atoms with Crippen molar-refractivity contribution in [3.63, 3.8) is 0 Å². The molecule has 1 aromatic heterocycles. The molecular weight excluding hydrogens is 400 g/mol. The van der Waals surface area contributed by atoms with Gasteiger partial charge in [0.25, 0.3) is 5.91 Å². The molecule has 1 atom stereocenters. The van der Waals surface area contributed by atoms with Crippen LogP contribution in [0.5, 0.6) is 0 Å². The summed E-state index contributed by atoms with van der Waals surface area (Å²) in [5.41, 5.74) is 1.27. The molecule has 0 fully saturated rings. The molecule has 0 radical (unpaired) electrons. The molecule has 0 aliphatic rings. The number of benzene rings is 2. The zero-order valence-electron chi connectivity index (χ0n) is 15.0. The van der Waals surface area contributed by atoms with E-state index in [2.05, 4.69) is 25.5 Å². The summed E-state index contributed by atoms with van der Waals surface area (Å²) in [5.74, 6) is -1.25. The predicted molar refractivity (Wildman–Crippen MR) is 104 cm³/mol. The number of sulfonamides is 1. The van der Waals surface area contributed by atoms with Crippen LogP contribution in [0.1, 0.15) is 6.92 Å². The molecule has 0 bridgehead atoms. The number of carbonyl (C=O) groups excluding carboxylic acids is 2. The van der Waals surface area contributed by atoms with Crippen LogP contribution < -0.4 is 16.1 Å². The zero-order valence-corrected chi connectivity index (χ0v) is 15.9. The lowest BCUT2D eigenvalue weighted by molar-refractivity contribution is -0.126. The molecule has 0 saturated carbocycles. The molecule has 0 aliphatic heterocycles. The maximum Gasteiger partial charge on any atom is 0.323 e. The van der Waals surface area contributed by atoms with Gasteiger partial charge in [-0.1, -0.05) is 0 Å². The van der Waals surface area contributed by atoms with E-state index in [4.69, 9.17) is 5.14 Å². The summed E-state index contributed by atoms with van der Waals surface area (Å²) in [7, 11) is -3.84. The van der Waals surface area contributed by atoms with Gasteiger partial charge in [-0.25, -0.2) is 18.4 Å². The van der Waals surface area contributed by atoms with E-state index >= 15 is 0 Å². The largest absolute Gasteiger partial charge is 0.324 e. The molecule has 1 unspecified atom stereocenters. The van der Waals surface area contributed by atoms with Crippen LogP contribution in [-0.2, 0) is 19.6 Å². The molecule has 12 heteroatoms. The third-order valence-electron chi connectivity index (χ3n) is 3.87. The van der Waals surface area contributed by atoms with Gasteiger partial charge in [0.05, 0.1) is 21.6 Å². The van der Waals surface area contributed by atoms with Crippen LogP contribution in [0.4, 0.5) is 11.4 Å². The fourth-order valence-corrected chi connectivity index (χ4v) is 2.98. The number of amides is 1. The zero-order chi connectivity index (χ0) is 21.2. The van der Waals surface area contributed by atoms with Gasteiger partial charge in [0, 0.05) is 5.69 Å². The maximum absolute atomic E-state index is 12.4. The van der Waals surface area contributed by atoms with Crippen LogP contribution in [0.3, 0.4) is 0 Å². The fourth-order valence-electron chi connectivity index (χ4n) is 2.47. The summed E-state index contributed by atoms with van der Waals surface area (Å²) in [6.07, 6.45) is 0. The highest BCUT2D eigenvalue weighted by Gasteiger charge is 2.23. The molecule has 0 saturated heterocycles. The summed E-state index contributed by atoms with van der Waals surface area (Å²) < 4.78 is 22.5. The van der Waals surface area contributed by atoms with Crippen molar-refractivity contribution in [2.24, 2.45) is 15.4 Å². The number of rotatable bonds is 6. The third kappa shape index (κ3) is 4.80. The molecule has 3 rings (SSSR count). The number of ketones is 1. The second-order valence-corrected chi connectivity index (χ2v) is 7.66. The predicted octanol–water partition coefficient (Wildman–Crippen LogP) is 1.18. The van der Waals surface area contributed by atoms with Gasteiger partial charge >= 0.3 is 5.69 Å². The number of nitrogens with two attached hydrogens (primary N) is 1. The van der Waals surface area contributed by atoms with Gasteiger partial charge in [-0.05, 0) is 49.4 Å². The summed E-state index contributed by atoms with van der Waals surface area (Å²) in [6, 6.07) is 8.44. The highest BCUT2D eigenvalue weighted by Crippen LogP contribution is 2.18. The molecule has 1 heterocycles. The third-order valence-corrected chi connectivity index (χ3v) is 4.80. The van der Waals surface area contributed by atoms with Crippen LogP contribution in [0.2, 0.25) is 0 Å². The van der Waals surface area contributed by atoms with Crippen LogP contribution in [0.25, 0.3) is 11.0 Å². The number of fused-ring (bicyclic) bond motifs is 1. The first kappa shape index (κ1) is 20.1. The van der Waals surface area contributed by atoms with Crippen molar-refractivity contribution < 1.29 is 18.0 Å². The van der Waals surface area contributed by atoms with Crippen molar-refractivity contribution in [2.45, 2.75) is 17.9 Å². The molecule has 150 valence electrons. The molecule has 5 N–H and O–H groups in total. The summed E-state index contributed by atoms with van der Waals surface area (Å²) in [5, 5.41) is 15.2. The normalized spacial score (nSPS) is 12.9. The van der Waals surface area contributed by atoms with E-state index in [0.717, 1.165) is 0 Å². The summed E-state index contributed by atoms with van der Waals surface area (Å²) in [6.45, 7) is 1.19. The van der Waals surface area contributed by atoms with Crippen molar-refractivity contribution >= 4 is 44.1 Å². The Morgan fingerprint density at radius 2 is 1.72 bits per heavy atom. The molecular formula is C17H16N6O5S. The van der Waals surface area contributed by atoms with Crippen LogP contribution in [0, 0.1) is 0 Å². The minimum atomic E-state index is -3.84. The molecule has 2 aromatic carbocycles. The number of nitrogens with one attached hydrogen (secondary N) is 3. The summed E-state index contributed by atoms with van der Waals surface area (Å²) in [4.78, 5) is 40.6. The Morgan fingerprint density at radius 3 is 2.34 bits per heavy atom. The number of aromatic nitrogens is 2. The van der Waals surface area contributed by atoms with Gasteiger partial charge in [0.15, 0.2) is 5.78 Å². The number of carbonyl (C=O) groups is 2. The number of anilines is 1. The van der Waals surface area contributed by atoms with Crippen molar-refractivity contribution in [3.8, 4) is 0 Å².